The molecule has 45 heavy (non-hydrogen) atoms. The van der Waals surface area contributed by atoms with E-state index in [0.29, 0.717) is 28.7 Å². The van der Waals surface area contributed by atoms with Crippen molar-refractivity contribution in [3.8, 4) is 0 Å². The van der Waals surface area contributed by atoms with Gasteiger partial charge in [-0.05, 0) is 41.9 Å². The smallest absolute Gasteiger partial charge is 0.407 e. The van der Waals surface area contributed by atoms with Gasteiger partial charge >= 0.3 is 30.0 Å². The molecule has 15 heteroatoms. The summed E-state index contributed by atoms with van der Waals surface area (Å²) in [7, 11) is 1.67. The van der Waals surface area contributed by atoms with Gasteiger partial charge in [0.15, 0.2) is 0 Å². The first-order chi connectivity index (χ1) is 21.0. The zero-order chi connectivity index (χ0) is 34.3. The zero-order valence-electron chi connectivity index (χ0n) is 26.3. The molecule has 3 amide bonds. The molecule has 13 nitrogen and oxygen atoms in total. The Kier molecular flexibility index (Phi) is 15.8. The second kappa shape index (κ2) is 18.2. The Hall–Kier alpha value is -3.85. The Morgan fingerprint density at radius 1 is 0.889 bits per heavy atom. The fourth-order valence-electron chi connectivity index (χ4n) is 5.05. The second-order valence-electron chi connectivity index (χ2n) is 11.8. The van der Waals surface area contributed by atoms with Gasteiger partial charge in [0.05, 0.1) is 5.03 Å². The largest absolute Gasteiger partial charge is 0.462 e. The minimum atomic E-state index is -1.45. The molecular formula is C30H44N4O9S2. The van der Waals surface area contributed by atoms with Crippen LogP contribution in [0, 0.1) is 16.2 Å². The molecule has 4 N–H and O–H groups in total. The molecule has 1 aliphatic carbocycles. The maximum atomic E-state index is 13.1. The van der Waals surface area contributed by atoms with Crippen LogP contribution in [0.4, 0.5) is 9.59 Å². The van der Waals surface area contributed by atoms with Crippen molar-refractivity contribution >= 4 is 58.3 Å². The third kappa shape index (κ3) is 15.1. The molecule has 0 heterocycles. The lowest BCUT2D eigenvalue weighted by atomic mass is 9.62. The number of rotatable bonds is 16. The van der Waals surface area contributed by atoms with Crippen LogP contribution in [0.3, 0.4) is 0 Å². The molecule has 1 saturated carbocycles. The SMILES string of the molecule is C=CC(=O)OCC(COC(=O)C=C)(COC(=O)C=C)COC(=O)NC1CC(C)(C)CC(C)(CNC(=O)NC(=C)SC(=S)NC)C1. The molecule has 0 spiro atoms. The number of amides is 3. The quantitative estimate of drug-likeness (QED) is 0.0819. The van der Waals surface area contributed by atoms with Crippen LogP contribution >= 0.6 is 24.0 Å². The van der Waals surface area contributed by atoms with Gasteiger partial charge in [0, 0.05) is 37.9 Å². The highest BCUT2D eigenvalue weighted by Crippen LogP contribution is 2.45. The van der Waals surface area contributed by atoms with Crippen LogP contribution in [-0.4, -0.2) is 80.4 Å². The first kappa shape index (κ1) is 39.2. The Balaban J connectivity index is 2.97. The Labute approximate surface area is 274 Å². The van der Waals surface area contributed by atoms with Crippen LogP contribution in [0.2, 0.25) is 0 Å². The number of nitrogens with one attached hydrogen (secondary N) is 4. The minimum Gasteiger partial charge on any atom is -0.462 e. The molecule has 2 unspecified atom stereocenters. The first-order valence-corrected chi connectivity index (χ1v) is 15.2. The molecule has 0 aliphatic heterocycles. The Morgan fingerprint density at radius 2 is 1.38 bits per heavy atom. The van der Waals surface area contributed by atoms with Gasteiger partial charge in [0.25, 0.3) is 0 Å². The van der Waals surface area contributed by atoms with E-state index in [1.54, 1.807) is 7.05 Å². The van der Waals surface area contributed by atoms with E-state index in [2.05, 4.69) is 61.4 Å². The summed E-state index contributed by atoms with van der Waals surface area (Å²) in [4.78, 5) is 61.0. The predicted molar refractivity (Wildman–Crippen MR) is 175 cm³/mol. The third-order valence-electron chi connectivity index (χ3n) is 6.69. The molecule has 0 aromatic rings. The van der Waals surface area contributed by atoms with E-state index in [1.807, 2.05) is 6.92 Å². The first-order valence-electron chi connectivity index (χ1n) is 13.9. The monoisotopic (exact) mass is 668 g/mol. The van der Waals surface area contributed by atoms with E-state index in [9.17, 15) is 24.0 Å². The lowest BCUT2D eigenvalue weighted by Gasteiger charge is -2.46. The molecule has 1 fully saturated rings. The summed E-state index contributed by atoms with van der Waals surface area (Å²) in [6.07, 6.45) is 3.93. The number of carbonyl (C=O) groups excluding carboxylic acids is 5. The number of thiocarbonyl (C=S) groups is 1. The summed E-state index contributed by atoms with van der Waals surface area (Å²) in [5.41, 5.74) is -2.03. The lowest BCUT2D eigenvalue weighted by Crippen LogP contribution is -2.52. The molecule has 250 valence electrons. The van der Waals surface area contributed by atoms with E-state index in [-0.39, 0.29) is 16.9 Å². The number of alkyl carbamates (subject to hydrolysis) is 1. The van der Waals surface area contributed by atoms with E-state index < -0.39 is 61.9 Å². The topological polar surface area (TPSA) is 170 Å². The summed E-state index contributed by atoms with van der Waals surface area (Å²) < 4.78 is 21.5. The van der Waals surface area contributed by atoms with Gasteiger partial charge < -0.3 is 40.2 Å². The van der Waals surface area contributed by atoms with Crippen molar-refractivity contribution in [1.82, 2.24) is 21.3 Å². The number of carbonyl (C=O) groups is 5. The number of thioether (sulfide) groups is 1. The summed E-state index contributed by atoms with van der Waals surface area (Å²) in [5, 5.41) is 11.6. The van der Waals surface area contributed by atoms with Gasteiger partial charge in [0.2, 0.25) is 0 Å². The fourth-order valence-corrected chi connectivity index (χ4v) is 5.82. The van der Waals surface area contributed by atoms with Crippen LogP contribution in [0.1, 0.15) is 40.0 Å². The number of esters is 3. The van der Waals surface area contributed by atoms with Crippen molar-refractivity contribution in [1.29, 1.82) is 0 Å². The number of ether oxygens (including phenoxy) is 4. The van der Waals surface area contributed by atoms with E-state index in [4.69, 9.17) is 31.2 Å². The molecule has 0 aromatic carbocycles. The van der Waals surface area contributed by atoms with Gasteiger partial charge in [0.1, 0.15) is 36.2 Å². The highest BCUT2D eigenvalue weighted by Gasteiger charge is 2.43. The van der Waals surface area contributed by atoms with Gasteiger partial charge in [-0.15, -0.1) is 0 Å². The van der Waals surface area contributed by atoms with Crippen LogP contribution in [0.25, 0.3) is 0 Å². The van der Waals surface area contributed by atoms with Crippen molar-refractivity contribution in [2.45, 2.75) is 46.1 Å². The number of urea groups is 1. The molecular weight excluding hydrogens is 624 g/mol. The zero-order valence-corrected chi connectivity index (χ0v) is 27.9. The van der Waals surface area contributed by atoms with Crippen LogP contribution in [-0.2, 0) is 33.3 Å². The molecule has 1 rings (SSSR count). The molecule has 2 atom stereocenters. The van der Waals surface area contributed by atoms with Crippen LogP contribution < -0.4 is 21.3 Å². The van der Waals surface area contributed by atoms with Gasteiger partial charge in [-0.25, -0.2) is 24.0 Å². The van der Waals surface area contributed by atoms with Gasteiger partial charge in [-0.3, -0.25) is 0 Å². The normalized spacial score (nSPS) is 18.5. The fraction of sp³-hybridized carbons (Fsp3) is 0.533. The lowest BCUT2D eigenvalue weighted by molar-refractivity contribution is -0.159. The van der Waals surface area contributed by atoms with Crippen molar-refractivity contribution in [3.63, 3.8) is 0 Å². The molecule has 0 bridgehead atoms. The third-order valence-corrected chi connectivity index (χ3v) is 7.88. The minimum absolute atomic E-state index is 0.192. The molecule has 0 saturated heterocycles. The van der Waals surface area contributed by atoms with Gasteiger partial charge in [-0.1, -0.05) is 59.3 Å². The Morgan fingerprint density at radius 3 is 1.84 bits per heavy atom. The summed E-state index contributed by atoms with van der Waals surface area (Å²) >= 11 is 6.19. The van der Waals surface area contributed by atoms with Crippen molar-refractivity contribution in [3.05, 3.63) is 49.6 Å². The summed E-state index contributed by atoms with van der Waals surface area (Å²) in [5.74, 6) is -2.36. The van der Waals surface area contributed by atoms with E-state index >= 15 is 0 Å². The standard InChI is InChI=1S/C30H44N4O9S2/c1-9-22(35)40-16-30(17-41-23(36)10-2,18-42-24(37)11-3)19-43-26(39)34-21-12-28(5,6)14-29(7,13-21)15-32-25(38)33-20(4)45-27(44)31-8/h9-11,21H,1-4,12-19H2,5-8H3,(H,31,44)(H,34,39)(H2,32,33,38). The Bertz CT molecular complexity index is 1110. The average molecular weight is 669 g/mol. The van der Waals surface area contributed by atoms with E-state index in [1.165, 1.54) is 0 Å². The van der Waals surface area contributed by atoms with Crippen LogP contribution in [0.15, 0.2) is 49.6 Å². The highest BCUT2D eigenvalue weighted by atomic mass is 32.2. The second-order valence-corrected chi connectivity index (χ2v) is 13.6. The number of hydrogen-bond acceptors (Lipinski definition) is 11. The summed E-state index contributed by atoms with van der Waals surface area (Å²) in [6, 6.07) is -0.748. The predicted octanol–water partition coefficient (Wildman–Crippen LogP) is 3.48. The highest BCUT2D eigenvalue weighted by molar-refractivity contribution is 8.25. The average Bonchev–Trinajstić information content (AvgIpc) is 2.97. The van der Waals surface area contributed by atoms with E-state index in [0.717, 1.165) is 36.4 Å². The molecule has 0 radical (unpaired) electrons. The summed E-state index contributed by atoms with van der Waals surface area (Å²) in [6.45, 7) is 18.5. The maximum absolute atomic E-state index is 13.1. The van der Waals surface area contributed by atoms with Gasteiger partial charge in [-0.2, -0.15) is 0 Å². The van der Waals surface area contributed by atoms with Crippen molar-refractivity contribution < 1.29 is 42.9 Å². The van der Waals surface area contributed by atoms with Crippen LogP contribution in [0.5, 0.6) is 0 Å². The number of hydrogen-bond donors (Lipinski definition) is 4. The van der Waals surface area contributed by atoms with Crippen molar-refractivity contribution in [2.24, 2.45) is 16.2 Å². The van der Waals surface area contributed by atoms with Crippen molar-refractivity contribution in [2.75, 3.05) is 40.0 Å². The molecule has 0 aromatic heterocycles. The molecule has 1 aliphatic rings. The maximum Gasteiger partial charge on any atom is 0.407 e.